The zero-order chi connectivity index (χ0) is 24.0. The maximum absolute atomic E-state index is 12.7. The Morgan fingerprint density at radius 1 is 1.21 bits per heavy atom. The number of nitrogens with one attached hydrogen (secondary N) is 1. The third-order valence-corrected chi connectivity index (χ3v) is 5.31. The molecular formula is C22H28F3N5O3. The summed E-state index contributed by atoms with van der Waals surface area (Å²) < 4.78 is 44.0. The first kappa shape index (κ1) is 25.1. The summed E-state index contributed by atoms with van der Waals surface area (Å²) >= 11 is 0. The van der Waals surface area contributed by atoms with Crippen LogP contribution in [-0.2, 0) is 12.7 Å². The fraction of sp³-hybridized carbons (Fsp3) is 0.455. The maximum Gasteiger partial charge on any atom is 0.416 e. The van der Waals surface area contributed by atoms with Gasteiger partial charge >= 0.3 is 6.18 Å². The minimum atomic E-state index is -4.38. The van der Waals surface area contributed by atoms with Gasteiger partial charge in [0.15, 0.2) is 5.82 Å². The largest absolute Gasteiger partial charge is 0.490 e. The van der Waals surface area contributed by atoms with Crippen LogP contribution in [0.4, 0.5) is 13.2 Å². The first-order valence-corrected chi connectivity index (χ1v) is 10.6. The van der Waals surface area contributed by atoms with E-state index >= 15 is 0 Å². The second-order valence-corrected chi connectivity index (χ2v) is 7.81. The Morgan fingerprint density at radius 3 is 2.48 bits per heavy atom. The quantitative estimate of drug-likeness (QED) is 0.352. The maximum atomic E-state index is 12.7. The molecule has 8 nitrogen and oxygen atoms in total. The Kier molecular flexibility index (Phi) is 8.38. The summed E-state index contributed by atoms with van der Waals surface area (Å²) in [5.74, 6) is 0.816. The van der Waals surface area contributed by atoms with Crippen LogP contribution < -0.4 is 21.5 Å². The van der Waals surface area contributed by atoms with Crippen molar-refractivity contribution in [2.24, 2.45) is 11.5 Å². The van der Waals surface area contributed by atoms with E-state index in [2.05, 4.69) is 15.3 Å². The Labute approximate surface area is 189 Å². The molecule has 1 aromatic heterocycles. The van der Waals surface area contributed by atoms with E-state index in [1.807, 2.05) is 6.08 Å². The standard InChI is InChI=1S/C22H28F3N5O3/c23-22(24,25)14-3-7-18(8-4-14)33-17-5-1-13(2-6-17)21-29-15(9-19(30-21)20(27)32)11-28-16(10-26)12-31/h1,3-4,7-9,16-17,20,28,31-32H,2,5-6,10-12,26-27H2. The second kappa shape index (κ2) is 11.0. The van der Waals surface area contributed by atoms with Crippen molar-refractivity contribution in [3.05, 3.63) is 59.2 Å². The number of aromatic nitrogens is 2. The monoisotopic (exact) mass is 467 g/mol. The first-order chi connectivity index (χ1) is 15.7. The fourth-order valence-corrected chi connectivity index (χ4v) is 3.41. The number of aliphatic hydroxyl groups excluding tert-OH is 2. The SMILES string of the molecule is NCC(CO)NCc1cc(C(N)O)nc(C2=CCC(Oc3ccc(C(F)(F)F)cc3)CC2)n1. The van der Waals surface area contributed by atoms with Crippen LogP contribution in [0.3, 0.4) is 0 Å². The van der Waals surface area contributed by atoms with Crippen molar-refractivity contribution in [1.29, 1.82) is 0 Å². The van der Waals surface area contributed by atoms with Crippen molar-refractivity contribution in [1.82, 2.24) is 15.3 Å². The summed E-state index contributed by atoms with van der Waals surface area (Å²) in [4.78, 5) is 8.91. The zero-order valence-corrected chi connectivity index (χ0v) is 17.9. The molecule has 0 aliphatic heterocycles. The molecule has 1 aromatic carbocycles. The van der Waals surface area contributed by atoms with Crippen LogP contribution in [-0.4, -0.2) is 45.5 Å². The van der Waals surface area contributed by atoms with Crippen LogP contribution in [0, 0.1) is 0 Å². The number of aliphatic hydroxyl groups is 2. The molecule has 0 bridgehead atoms. The van der Waals surface area contributed by atoms with E-state index in [1.54, 1.807) is 6.07 Å². The molecule has 1 aliphatic carbocycles. The number of rotatable bonds is 9. The molecule has 0 fully saturated rings. The van der Waals surface area contributed by atoms with E-state index in [0.717, 1.165) is 17.7 Å². The van der Waals surface area contributed by atoms with Gasteiger partial charge in [-0.1, -0.05) is 6.08 Å². The summed E-state index contributed by atoms with van der Waals surface area (Å²) in [5.41, 5.74) is 12.2. The molecule has 0 radical (unpaired) electrons. The molecule has 1 aliphatic rings. The number of allylic oxidation sites excluding steroid dienone is 1. The fourth-order valence-electron chi connectivity index (χ4n) is 3.41. The first-order valence-electron chi connectivity index (χ1n) is 10.6. The molecule has 11 heteroatoms. The summed E-state index contributed by atoms with van der Waals surface area (Å²) in [6.07, 6.45) is -2.18. The number of hydrogen-bond donors (Lipinski definition) is 5. The molecule has 0 saturated carbocycles. The van der Waals surface area contributed by atoms with Crippen molar-refractivity contribution >= 4 is 5.57 Å². The molecule has 0 amide bonds. The Bertz CT molecular complexity index is 947. The van der Waals surface area contributed by atoms with E-state index in [-0.39, 0.29) is 31.0 Å². The predicted octanol–water partition coefficient (Wildman–Crippen LogP) is 1.87. The molecule has 33 heavy (non-hydrogen) atoms. The van der Waals surface area contributed by atoms with Crippen LogP contribution in [0.5, 0.6) is 5.75 Å². The van der Waals surface area contributed by atoms with Gasteiger partial charge in [0.2, 0.25) is 0 Å². The lowest BCUT2D eigenvalue weighted by Crippen LogP contribution is -2.38. The summed E-state index contributed by atoms with van der Waals surface area (Å²) in [6.45, 7) is 0.448. The van der Waals surface area contributed by atoms with Crippen molar-refractivity contribution in [3.8, 4) is 5.75 Å². The van der Waals surface area contributed by atoms with Gasteiger partial charge in [-0.05, 0) is 48.7 Å². The third kappa shape index (κ3) is 6.95. The molecule has 1 heterocycles. The van der Waals surface area contributed by atoms with Gasteiger partial charge in [-0.2, -0.15) is 13.2 Å². The topological polar surface area (TPSA) is 140 Å². The van der Waals surface area contributed by atoms with Crippen molar-refractivity contribution in [3.63, 3.8) is 0 Å². The van der Waals surface area contributed by atoms with Gasteiger partial charge in [0, 0.05) is 25.6 Å². The number of hydrogen-bond acceptors (Lipinski definition) is 8. The van der Waals surface area contributed by atoms with Crippen LogP contribution >= 0.6 is 0 Å². The van der Waals surface area contributed by atoms with E-state index < -0.39 is 18.0 Å². The van der Waals surface area contributed by atoms with Crippen molar-refractivity contribution in [2.75, 3.05) is 13.2 Å². The average molecular weight is 467 g/mol. The molecule has 0 spiro atoms. The Balaban J connectivity index is 1.68. The average Bonchev–Trinajstić information content (AvgIpc) is 2.80. The number of ether oxygens (including phenoxy) is 1. The molecule has 2 aromatic rings. The lowest BCUT2D eigenvalue weighted by atomic mass is 9.96. The predicted molar refractivity (Wildman–Crippen MR) is 116 cm³/mol. The molecule has 3 unspecified atom stereocenters. The van der Waals surface area contributed by atoms with Gasteiger partial charge in [-0.15, -0.1) is 0 Å². The Hall–Kier alpha value is -2.57. The normalized spacial score (nSPS) is 18.5. The van der Waals surface area contributed by atoms with E-state index in [4.69, 9.17) is 16.2 Å². The number of alkyl halides is 3. The molecule has 3 rings (SSSR count). The highest BCUT2D eigenvalue weighted by molar-refractivity contribution is 5.61. The van der Waals surface area contributed by atoms with Gasteiger partial charge in [-0.3, -0.25) is 0 Å². The molecule has 7 N–H and O–H groups in total. The third-order valence-electron chi connectivity index (χ3n) is 5.31. The molecule has 3 atom stereocenters. The second-order valence-electron chi connectivity index (χ2n) is 7.81. The van der Waals surface area contributed by atoms with Gasteiger partial charge in [0.05, 0.1) is 23.6 Å². The number of nitrogens with two attached hydrogens (primary N) is 2. The van der Waals surface area contributed by atoms with Crippen LogP contribution in [0.1, 0.15) is 48.3 Å². The van der Waals surface area contributed by atoms with Gasteiger partial charge in [-0.25, -0.2) is 9.97 Å². The summed E-state index contributed by atoms with van der Waals surface area (Å²) in [5, 5.41) is 22.2. The van der Waals surface area contributed by atoms with Crippen molar-refractivity contribution < 1.29 is 28.1 Å². The Morgan fingerprint density at radius 2 is 1.94 bits per heavy atom. The molecule has 180 valence electrons. The minimum absolute atomic E-state index is 0.119. The number of halogens is 3. The lowest BCUT2D eigenvalue weighted by Gasteiger charge is -2.23. The number of nitrogens with zero attached hydrogens (tertiary/aromatic N) is 2. The highest BCUT2D eigenvalue weighted by Gasteiger charge is 2.30. The summed E-state index contributed by atoms with van der Waals surface area (Å²) in [7, 11) is 0. The van der Waals surface area contributed by atoms with Crippen LogP contribution in [0.15, 0.2) is 36.4 Å². The molecule has 0 saturated heterocycles. The van der Waals surface area contributed by atoms with Gasteiger partial charge in [0.1, 0.15) is 18.1 Å². The van der Waals surface area contributed by atoms with Crippen molar-refractivity contribution in [2.45, 2.75) is 50.4 Å². The van der Waals surface area contributed by atoms with Gasteiger partial charge in [0.25, 0.3) is 0 Å². The smallest absolute Gasteiger partial charge is 0.416 e. The van der Waals surface area contributed by atoms with Gasteiger partial charge < -0.3 is 31.7 Å². The lowest BCUT2D eigenvalue weighted by molar-refractivity contribution is -0.137. The minimum Gasteiger partial charge on any atom is -0.490 e. The number of benzene rings is 1. The van der Waals surface area contributed by atoms with E-state index in [0.29, 0.717) is 43.1 Å². The van der Waals surface area contributed by atoms with E-state index in [1.165, 1.54) is 12.1 Å². The zero-order valence-electron chi connectivity index (χ0n) is 17.9. The molecular weight excluding hydrogens is 439 g/mol. The van der Waals surface area contributed by atoms with Crippen LogP contribution in [0.25, 0.3) is 5.57 Å². The van der Waals surface area contributed by atoms with Crippen LogP contribution in [0.2, 0.25) is 0 Å². The highest BCUT2D eigenvalue weighted by atomic mass is 19.4. The van der Waals surface area contributed by atoms with E-state index in [9.17, 15) is 23.4 Å². The summed E-state index contributed by atoms with van der Waals surface area (Å²) in [6, 6.07) is 5.93. The highest BCUT2D eigenvalue weighted by Crippen LogP contribution is 2.32.